The minimum absolute atomic E-state index is 0.216. The summed E-state index contributed by atoms with van der Waals surface area (Å²) in [5, 5.41) is 10.5. The van der Waals surface area contributed by atoms with Gasteiger partial charge in [0.05, 0.1) is 6.61 Å². The van der Waals surface area contributed by atoms with E-state index in [0.717, 1.165) is 16.7 Å². The first-order valence-electron chi connectivity index (χ1n) is 11.0. The van der Waals surface area contributed by atoms with Crippen LogP contribution < -0.4 is 0 Å². The van der Waals surface area contributed by atoms with Crippen LogP contribution in [0.3, 0.4) is 0 Å². The maximum absolute atomic E-state index is 10.5. The fourth-order valence-corrected chi connectivity index (χ4v) is 4.94. The molecular weight excluding hydrogens is 400 g/mol. The van der Waals surface area contributed by atoms with E-state index in [9.17, 15) is 5.11 Å². The fourth-order valence-electron chi connectivity index (χ4n) is 4.94. The number of fused-ring (bicyclic) bond motifs is 1. The number of hydrogen-bond donors (Lipinski definition) is 1. The summed E-state index contributed by atoms with van der Waals surface area (Å²) < 4.78 is 19.3. The molecule has 0 spiro atoms. The van der Waals surface area contributed by atoms with Crippen molar-refractivity contribution in [3.8, 4) is 0 Å². The second-order valence-corrected chi connectivity index (χ2v) is 8.91. The van der Waals surface area contributed by atoms with Crippen LogP contribution in [0.5, 0.6) is 0 Å². The second kappa shape index (κ2) is 7.98. The van der Waals surface area contributed by atoms with Crippen molar-refractivity contribution in [2.24, 2.45) is 0 Å². The van der Waals surface area contributed by atoms with Crippen molar-refractivity contribution in [3.05, 3.63) is 120 Å². The smallest absolute Gasteiger partial charge is 0.164 e. The highest BCUT2D eigenvalue weighted by Gasteiger charge is 2.58. The number of hydrogen-bond acceptors (Lipinski definition) is 4. The highest BCUT2D eigenvalue weighted by atomic mass is 16.8. The third kappa shape index (κ3) is 3.50. The predicted octanol–water partition coefficient (Wildman–Crippen LogP) is 4.82. The highest BCUT2D eigenvalue weighted by molar-refractivity contribution is 5.47. The van der Waals surface area contributed by atoms with Gasteiger partial charge in [-0.15, -0.1) is 0 Å². The van der Waals surface area contributed by atoms with Gasteiger partial charge in [0, 0.05) is 0 Å². The molecule has 32 heavy (non-hydrogen) atoms. The Labute approximate surface area is 189 Å². The molecule has 0 radical (unpaired) electrons. The van der Waals surface area contributed by atoms with E-state index in [-0.39, 0.29) is 6.61 Å². The van der Waals surface area contributed by atoms with Gasteiger partial charge in [-0.3, -0.25) is 0 Å². The summed E-state index contributed by atoms with van der Waals surface area (Å²) in [6, 6.07) is 30.7. The number of rotatable bonds is 6. The van der Waals surface area contributed by atoms with E-state index in [4.69, 9.17) is 14.2 Å². The zero-order valence-corrected chi connectivity index (χ0v) is 18.3. The molecule has 0 unspecified atom stereocenters. The molecular formula is C28H28O4. The summed E-state index contributed by atoms with van der Waals surface area (Å²) in [7, 11) is 0. The standard InChI is InChI=1S/C28H28O4/c1-26(2)31-25-24(29)18-19-27(25,32-26)20-30-28(21-12-6-3-7-13-21,22-14-8-4-9-15-22)23-16-10-5-11-17-23/h3-19,24-25,29H,20H2,1-2H3/t24-,25-,27-/m0/s1. The molecule has 4 nitrogen and oxygen atoms in total. The van der Waals surface area contributed by atoms with Gasteiger partial charge in [-0.1, -0.05) is 97.1 Å². The van der Waals surface area contributed by atoms with Gasteiger partial charge < -0.3 is 19.3 Å². The van der Waals surface area contributed by atoms with Crippen LogP contribution in [-0.4, -0.2) is 35.3 Å². The van der Waals surface area contributed by atoms with E-state index in [0.29, 0.717) is 0 Å². The van der Waals surface area contributed by atoms with Crippen molar-refractivity contribution in [3.63, 3.8) is 0 Å². The van der Waals surface area contributed by atoms with E-state index < -0.39 is 29.2 Å². The lowest BCUT2D eigenvalue weighted by Crippen LogP contribution is -2.47. The van der Waals surface area contributed by atoms with Gasteiger partial charge in [0.15, 0.2) is 5.79 Å². The first-order chi connectivity index (χ1) is 15.5. The van der Waals surface area contributed by atoms with Crippen LogP contribution in [-0.2, 0) is 19.8 Å². The molecule has 4 heteroatoms. The largest absolute Gasteiger partial charge is 0.386 e. The summed E-state index contributed by atoms with van der Waals surface area (Å²) in [4.78, 5) is 0. The molecule has 3 aromatic carbocycles. The number of benzene rings is 3. The fraction of sp³-hybridized carbons (Fsp3) is 0.286. The monoisotopic (exact) mass is 428 g/mol. The van der Waals surface area contributed by atoms with Gasteiger partial charge in [-0.25, -0.2) is 0 Å². The van der Waals surface area contributed by atoms with Gasteiger partial charge in [-0.05, 0) is 36.6 Å². The van der Waals surface area contributed by atoms with E-state index in [2.05, 4.69) is 36.4 Å². The van der Waals surface area contributed by atoms with Crippen LogP contribution in [0, 0.1) is 0 Å². The van der Waals surface area contributed by atoms with E-state index in [1.165, 1.54) is 0 Å². The molecule has 5 rings (SSSR count). The Morgan fingerprint density at radius 1 is 0.812 bits per heavy atom. The molecule has 1 heterocycles. The molecule has 2 aliphatic rings. The summed E-state index contributed by atoms with van der Waals surface area (Å²) in [5.41, 5.74) is 1.33. The van der Waals surface area contributed by atoms with Crippen LogP contribution in [0.25, 0.3) is 0 Å². The van der Waals surface area contributed by atoms with Gasteiger partial charge >= 0.3 is 0 Å². The SMILES string of the molecule is CC1(C)O[C@H]2[C@@H](O)C=C[C@@]2(COC(c2ccccc2)(c2ccccc2)c2ccccc2)O1. The second-order valence-electron chi connectivity index (χ2n) is 8.91. The van der Waals surface area contributed by atoms with Crippen LogP contribution in [0.2, 0.25) is 0 Å². The summed E-state index contributed by atoms with van der Waals surface area (Å²) in [6.07, 6.45) is 2.37. The Kier molecular flexibility index (Phi) is 5.26. The number of aliphatic hydroxyl groups is 1. The molecule has 0 amide bonds. The zero-order valence-electron chi connectivity index (χ0n) is 18.3. The lowest BCUT2D eigenvalue weighted by molar-refractivity contribution is -0.172. The van der Waals surface area contributed by atoms with Gasteiger partial charge in [0.1, 0.15) is 23.4 Å². The Hall–Kier alpha value is -2.76. The maximum Gasteiger partial charge on any atom is 0.164 e. The Bertz CT molecular complexity index is 982. The van der Waals surface area contributed by atoms with E-state index >= 15 is 0 Å². The number of aliphatic hydroxyl groups excluding tert-OH is 1. The minimum Gasteiger partial charge on any atom is -0.386 e. The van der Waals surface area contributed by atoms with E-state index in [1.807, 2.05) is 74.5 Å². The van der Waals surface area contributed by atoms with Crippen molar-refractivity contribution in [1.29, 1.82) is 0 Å². The van der Waals surface area contributed by atoms with Crippen LogP contribution >= 0.6 is 0 Å². The normalized spacial score (nSPS) is 26.2. The minimum atomic E-state index is -0.869. The lowest BCUT2D eigenvalue weighted by atomic mass is 9.80. The van der Waals surface area contributed by atoms with Crippen molar-refractivity contribution in [2.75, 3.05) is 6.61 Å². The third-order valence-corrected chi connectivity index (χ3v) is 6.27. The molecule has 1 aliphatic carbocycles. The topological polar surface area (TPSA) is 47.9 Å². The maximum atomic E-state index is 10.5. The summed E-state index contributed by atoms with van der Waals surface area (Å²) >= 11 is 0. The third-order valence-electron chi connectivity index (χ3n) is 6.27. The highest BCUT2D eigenvalue weighted by Crippen LogP contribution is 2.46. The van der Waals surface area contributed by atoms with Crippen molar-refractivity contribution < 1.29 is 19.3 Å². The Morgan fingerprint density at radius 2 is 1.28 bits per heavy atom. The molecule has 1 fully saturated rings. The Morgan fingerprint density at radius 3 is 1.75 bits per heavy atom. The first-order valence-corrected chi connectivity index (χ1v) is 11.0. The molecule has 3 aromatic rings. The van der Waals surface area contributed by atoms with Crippen LogP contribution in [0.1, 0.15) is 30.5 Å². The predicted molar refractivity (Wildman–Crippen MR) is 123 cm³/mol. The Balaban J connectivity index is 1.64. The lowest BCUT2D eigenvalue weighted by Gasteiger charge is -2.39. The van der Waals surface area contributed by atoms with Crippen molar-refractivity contribution in [2.45, 2.75) is 43.0 Å². The van der Waals surface area contributed by atoms with Crippen molar-refractivity contribution in [1.82, 2.24) is 0 Å². The molecule has 0 saturated carbocycles. The van der Waals surface area contributed by atoms with Gasteiger partial charge in [0.2, 0.25) is 0 Å². The van der Waals surface area contributed by atoms with Crippen molar-refractivity contribution >= 4 is 0 Å². The average Bonchev–Trinajstić information content (AvgIpc) is 3.26. The van der Waals surface area contributed by atoms with Crippen LogP contribution in [0.15, 0.2) is 103 Å². The van der Waals surface area contributed by atoms with Crippen LogP contribution in [0.4, 0.5) is 0 Å². The molecule has 1 saturated heterocycles. The van der Waals surface area contributed by atoms with Gasteiger partial charge in [-0.2, -0.15) is 0 Å². The summed E-state index contributed by atoms with van der Waals surface area (Å²) in [6.45, 7) is 3.95. The first kappa shape index (κ1) is 21.1. The number of ether oxygens (including phenoxy) is 3. The molecule has 0 bridgehead atoms. The quantitative estimate of drug-likeness (QED) is 0.452. The van der Waals surface area contributed by atoms with Gasteiger partial charge in [0.25, 0.3) is 0 Å². The molecule has 3 atom stereocenters. The average molecular weight is 429 g/mol. The molecule has 1 N–H and O–H groups in total. The molecule has 1 aliphatic heterocycles. The molecule has 164 valence electrons. The van der Waals surface area contributed by atoms with E-state index in [1.54, 1.807) is 6.08 Å². The molecule has 0 aromatic heterocycles. The summed E-state index contributed by atoms with van der Waals surface area (Å²) in [5.74, 6) is -0.811. The zero-order chi connectivity index (χ0) is 22.2.